The number of aromatic nitrogens is 3. The van der Waals surface area contributed by atoms with E-state index in [-0.39, 0.29) is 69.2 Å². The van der Waals surface area contributed by atoms with Crippen molar-refractivity contribution < 1.29 is 125 Å². The van der Waals surface area contributed by atoms with Crippen molar-refractivity contribution in [2.75, 3.05) is 19.8 Å². The number of hydrogen-bond donors (Lipinski definition) is 2. The van der Waals surface area contributed by atoms with Crippen LogP contribution < -0.4 is 39.0 Å². The van der Waals surface area contributed by atoms with Crippen molar-refractivity contribution in [2.24, 2.45) is 0 Å². The Labute approximate surface area is 330 Å². The fraction of sp³-hybridized carbons (Fsp3) is 0.357. The molecule has 0 fully saturated rings. The Kier molecular flexibility index (Phi) is 23.3. The van der Waals surface area contributed by atoms with Crippen molar-refractivity contribution in [1.82, 2.24) is 15.0 Å². The van der Waals surface area contributed by atoms with Crippen molar-refractivity contribution in [3.05, 3.63) is 70.6 Å². The molecule has 3 aromatic heterocycles. The smallest absolute Gasteiger partial charge is 0.870 e. The first-order valence-corrected chi connectivity index (χ1v) is 14.9. The molecule has 3 aromatic rings. The molecular formula is C28H24F12N5NaO9S. The monoisotopic (exact) mass is 857 g/mol. The molecule has 0 saturated heterocycles. The third-order valence-corrected chi connectivity index (χ3v) is 6.05. The topological polar surface area (TPSA) is 236 Å². The minimum Gasteiger partial charge on any atom is -0.870 e. The Morgan fingerprint density at radius 2 is 1.07 bits per heavy atom. The predicted molar refractivity (Wildman–Crippen MR) is 157 cm³/mol. The maximum Gasteiger partial charge on any atom is 1.00 e. The molecule has 0 aromatic carbocycles. The summed E-state index contributed by atoms with van der Waals surface area (Å²) in [5.74, 6) is -1.25. The van der Waals surface area contributed by atoms with E-state index in [1.807, 2.05) is 6.07 Å². The molecular weight excluding hydrogens is 833 g/mol. The molecule has 0 saturated carbocycles. The zero-order valence-electron chi connectivity index (χ0n) is 28.6. The Balaban J connectivity index is -0.000000669. The summed E-state index contributed by atoms with van der Waals surface area (Å²) < 4.78 is 170. The van der Waals surface area contributed by atoms with Gasteiger partial charge in [0, 0.05) is 0 Å². The van der Waals surface area contributed by atoms with Gasteiger partial charge in [0.2, 0.25) is 0 Å². The molecule has 0 atom stereocenters. The normalized spacial score (nSPS) is 11.1. The molecule has 0 unspecified atom stereocenters. The first-order chi connectivity index (χ1) is 24.4. The first-order valence-electron chi connectivity index (χ1n) is 13.4. The fourth-order valence-electron chi connectivity index (χ4n) is 2.82. The summed E-state index contributed by atoms with van der Waals surface area (Å²) in [7, 11) is -6.15. The van der Waals surface area contributed by atoms with Crippen LogP contribution in [0.5, 0.6) is 17.2 Å². The number of nitrogens with zero attached hydrogens (tertiary/aromatic N) is 5. The van der Waals surface area contributed by atoms with E-state index in [2.05, 4.69) is 28.6 Å². The third-order valence-electron chi connectivity index (χ3n) is 5.05. The summed E-state index contributed by atoms with van der Waals surface area (Å²) in [6.07, 6.45) is -10.6. The Hall–Kier alpha value is -4.67. The van der Waals surface area contributed by atoms with E-state index in [0.717, 1.165) is 12.4 Å². The van der Waals surface area contributed by atoms with E-state index in [4.69, 9.17) is 20.7 Å². The number of halogens is 12. The van der Waals surface area contributed by atoms with Gasteiger partial charge in [0.05, 0.1) is 18.6 Å². The molecule has 3 heterocycles. The van der Waals surface area contributed by atoms with Gasteiger partial charge in [-0.3, -0.25) is 4.18 Å². The number of carboxylic acid groups (broad SMARTS) is 1. The number of pyridine rings is 3. The molecule has 56 heavy (non-hydrogen) atoms. The number of carboxylic acids is 1. The van der Waals surface area contributed by atoms with Crippen molar-refractivity contribution in [1.29, 1.82) is 10.5 Å². The molecule has 306 valence electrons. The van der Waals surface area contributed by atoms with E-state index in [0.29, 0.717) is 16.8 Å². The molecule has 0 aliphatic heterocycles. The van der Waals surface area contributed by atoms with Gasteiger partial charge < -0.3 is 25.2 Å². The summed E-state index contributed by atoms with van der Waals surface area (Å²) in [5.41, 5.74) is -4.09. The first kappa shape index (κ1) is 55.7. The second-order valence-corrected chi connectivity index (χ2v) is 11.3. The number of aryl methyl sites for hydroxylation is 3. The van der Waals surface area contributed by atoms with Crippen LogP contribution in [0.3, 0.4) is 0 Å². The van der Waals surface area contributed by atoms with Gasteiger partial charge in [0.1, 0.15) is 40.8 Å². The fourth-order valence-corrected chi connectivity index (χ4v) is 3.24. The van der Waals surface area contributed by atoms with Crippen LogP contribution in [0.2, 0.25) is 0 Å². The van der Waals surface area contributed by atoms with E-state index >= 15 is 0 Å². The number of carbonyl (C=O) groups is 1. The molecule has 0 amide bonds. The van der Waals surface area contributed by atoms with Crippen LogP contribution in [0.4, 0.5) is 52.7 Å². The van der Waals surface area contributed by atoms with Gasteiger partial charge in [-0.1, -0.05) is 0 Å². The van der Waals surface area contributed by atoms with Crippen LogP contribution in [-0.2, 0) is 14.3 Å². The average molecular weight is 858 g/mol. The number of aromatic carboxylic acids is 1. The Morgan fingerprint density at radius 1 is 0.696 bits per heavy atom. The quantitative estimate of drug-likeness (QED) is 0.150. The maximum atomic E-state index is 11.8. The van der Waals surface area contributed by atoms with E-state index in [1.54, 1.807) is 19.9 Å². The van der Waals surface area contributed by atoms with Crippen LogP contribution in [0.15, 0.2) is 36.8 Å². The van der Waals surface area contributed by atoms with E-state index in [9.17, 15) is 65.9 Å². The maximum absolute atomic E-state index is 11.8. The van der Waals surface area contributed by atoms with Gasteiger partial charge in [0.15, 0.2) is 25.5 Å². The van der Waals surface area contributed by atoms with Gasteiger partial charge in [-0.15, -0.1) is 0 Å². The summed E-state index contributed by atoms with van der Waals surface area (Å²) in [5, 5.41) is 34.4. The van der Waals surface area contributed by atoms with Gasteiger partial charge in [-0.25, -0.2) is 19.7 Å². The van der Waals surface area contributed by atoms with Gasteiger partial charge in [0.25, 0.3) is 0 Å². The van der Waals surface area contributed by atoms with Crippen LogP contribution in [0, 0.1) is 43.4 Å². The van der Waals surface area contributed by atoms with Crippen LogP contribution in [0.25, 0.3) is 0 Å². The second kappa shape index (κ2) is 23.4. The van der Waals surface area contributed by atoms with E-state index in [1.165, 1.54) is 31.3 Å². The largest absolute Gasteiger partial charge is 1.00 e. The van der Waals surface area contributed by atoms with Crippen molar-refractivity contribution in [2.45, 2.75) is 44.8 Å². The molecule has 14 nitrogen and oxygen atoms in total. The SMILES string of the molecule is Cc1cc(O)cnc1C#N.Cc1cc(OCC(F)(F)F)cnc1C#N.Cc1cc(OCC(F)(F)F)cnc1C(=O)O.O=S(=O)(OCC(F)(F)F)C(F)(F)F.[Na+].[OH-]. The van der Waals surface area contributed by atoms with Gasteiger partial charge in [-0.05, 0) is 55.7 Å². The van der Waals surface area contributed by atoms with Crippen molar-refractivity contribution in [3.63, 3.8) is 0 Å². The molecule has 0 radical (unpaired) electrons. The number of hydrogen-bond acceptors (Lipinski definition) is 13. The standard InChI is InChI=1S/C9H7F3N2O.C9H8F3NO3.C7H6N2O.C3H2F6O3S.Na.H2O/c1-6-2-7(4-14-8(6)3-13)15-5-9(10,11)12;1-5-2-6(16-4-9(10,11)12)3-13-7(5)8(14)15;1-5-2-6(10)4-9-7(5)3-8;4-2(5,6)1-12-13(10,11)3(7,8)9;;/h2,4H,5H2,1H3;2-3H,4H2,1H3,(H,14,15);2,4,10H,1H3;1H2;;1H2/q;;;;+1;/p-1. The minimum atomic E-state index is -6.15. The summed E-state index contributed by atoms with van der Waals surface area (Å²) in [6.45, 7) is -0.552. The zero-order chi connectivity index (χ0) is 42.3. The van der Waals surface area contributed by atoms with Crippen LogP contribution >= 0.6 is 0 Å². The number of alkyl halides is 12. The zero-order valence-corrected chi connectivity index (χ0v) is 31.4. The molecule has 3 rings (SSSR count). The minimum absolute atomic E-state index is 0. The second-order valence-electron chi connectivity index (χ2n) is 9.65. The molecule has 0 aliphatic carbocycles. The third kappa shape index (κ3) is 23.3. The molecule has 0 bridgehead atoms. The molecule has 28 heteroatoms. The summed E-state index contributed by atoms with van der Waals surface area (Å²) in [4.78, 5) is 21.4. The average Bonchev–Trinajstić information content (AvgIpc) is 3.01. The Morgan fingerprint density at radius 3 is 1.39 bits per heavy atom. The number of nitriles is 2. The van der Waals surface area contributed by atoms with E-state index < -0.39 is 59.9 Å². The van der Waals surface area contributed by atoms with Crippen molar-refractivity contribution >= 4 is 16.1 Å². The summed E-state index contributed by atoms with van der Waals surface area (Å²) >= 11 is 0. The number of aromatic hydroxyl groups is 1. The van der Waals surface area contributed by atoms with Crippen molar-refractivity contribution in [3.8, 4) is 29.4 Å². The molecule has 0 spiro atoms. The van der Waals surface area contributed by atoms with Crippen LogP contribution in [0.1, 0.15) is 38.6 Å². The Bertz CT molecular complexity index is 1920. The molecule has 0 aliphatic rings. The predicted octanol–water partition coefficient (Wildman–Crippen LogP) is 3.44. The molecule has 3 N–H and O–H groups in total. The van der Waals surface area contributed by atoms with Crippen LogP contribution in [-0.4, -0.2) is 88.9 Å². The number of ether oxygens (including phenoxy) is 2. The summed E-state index contributed by atoms with van der Waals surface area (Å²) in [6, 6.07) is 7.75. The number of rotatable bonds is 7. The van der Waals surface area contributed by atoms with Gasteiger partial charge in [-0.2, -0.15) is 71.6 Å². The van der Waals surface area contributed by atoms with Gasteiger partial charge >= 0.3 is 69.7 Å².